The average Bonchev–Trinajstić information content (AvgIpc) is 2.82. The van der Waals surface area contributed by atoms with Gasteiger partial charge in [-0.3, -0.25) is 0 Å². The Labute approximate surface area is 111 Å². The topological polar surface area (TPSA) is 67.2 Å². The van der Waals surface area contributed by atoms with Crippen molar-refractivity contribution in [3.8, 4) is 0 Å². The van der Waals surface area contributed by atoms with E-state index < -0.39 is 6.09 Å². The Kier molecular flexibility index (Phi) is 3.11. The molecule has 2 aromatic rings. The fraction of sp³-hybridized carbons (Fsp3) is 0.429. The van der Waals surface area contributed by atoms with Gasteiger partial charge in [0.15, 0.2) is 0 Å². The van der Waals surface area contributed by atoms with Crippen LogP contribution in [0.2, 0.25) is 0 Å². The average molecular weight is 259 g/mol. The molecule has 0 spiro atoms. The van der Waals surface area contributed by atoms with Crippen molar-refractivity contribution in [2.24, 2.45) is 0 Å². The molecule has 0 radical (unpaired) electrons. The first-order valence-electron chi connectivity index (χ1n) is 6.67. The van der Waals surface area contributed by atoms with E-state index in [0.717, 1.165) is 36.7 Å². The summed E-state index contributed by atoms with van der Waals surface area (Å²) in [5.74, 6) is 0. The summed E-state index contributed by atoms with van der Waals surface area (Å²) in [7, 11) is 0. The second kappa shape index (κ2) is 4.91. The number of fused-ring (bicyclic) bond motifs is 1. The largest absolute Gasteiger partial charge is 0.465 e. The van der Waals surface area contributed by atoms with E-state index in [1.807, 2.05) is 30.6 Å². The van der Waals surface area contributed by atoms with Crippen LogP contribution in [0.1, 0.15) is 31.7 Å². The minimum atomic E-state index is -0.943. The van der Waals surface area contributed by atoms with Crippen LogP contribution in [0.15, 0.2) is 30.6 Å². The SMILES string of the molecule is O=C(O)N[C@@H]1CCCC[C@H]1n1cnc2ccccc21. The van der Waals surface area contributed by atoms with Crippen molar-refractivity contribution in [2.45, 2.75) is 37.8 Å². The van der Waals surface area contributed by atoms with E-state index in [-0.39, 0.29) is 12.1 Å². The van der Waals surface area contributed by atoms with Crippen LogP contribution >= 0.6 is 0 Å². The van der Waals surface area contributed by atoms with Crippen molar-refractivity contribution in [3.05, 3.63) is 30.6 Å². The van der Waals surface area contributed by atoms with Gasteiger partial charge < -0.3 is 15.0 Å². The van der Waals surface area contributed by atoms with Crippen LogP contribution in [0.3, 0.4) is 0 Å². The number of nitrogens with one attached hydrogen (secondary N) is 1. The van der Waals surface area contributed by atoms with Crippen LogP contribution in [0.25, 0.3) is 11.0 Å². The normalized spacial score (nSPS) is 23.4. The number of hydrogen-bond donors (Lipinski definition) is 2. The van der Waals surface area contributed by atoms with Gasteiger partial charge in [0.05, 0.1) is 29.4 Å². The van der Waals surface area contributed by atoms with E-state index in [0.29, 0.717) is 0 Å². The summed E-state index contributed by atoms with van der Waals surface area (Å²) < 4.78 is 2.12. The minimum Gasteiger partial charge on any atom is -0.465 e. The molecule has 5 heteroatoms. The molecule has 0 bridgehead atoms. The molecule has 1 fully saturated rings. The summed E-state index contributed by atoms with van der Waals surface area (Å²) in [6, 6.07) is 8.11. The van der Waals surface area contributed by atoms with Gasteiger partial charge in [0.25, 0.3) is 0 Å². The maximum atomic E-state index is 10.9. The lowest BCUT2D eigenvalue weighted by Gasteiger charge is -2.32. The highest BCUT2D eigenvalue weighted by Crippen LogP contribution is 2.31. The monoisotopic (exact) mass is 259 g/mol. The van der Waals surface area contributed by atoms with E-state index in [2.05, 4.69) is 14.9 Å². The standard InChI is InChI=1S/C14H17N3O2/c18-14(19)16-11-6-2-4-8-13(11)17-9-15-10-5-1-3-7-12(10)17/h1,3,5,7,9,11,13,16H,2,4,6,8H2,(H,18,19)/t11-,13-/m1/s1. The van der Waals surface area contributed by atoms with E-state index in [4.69, 9.17) is 5.11 Å². The van der Waals surface area contributed by atoms with E-state index in [9.17, 15) is 4.79 Å². The molecule has 19 heavy (non-hydrogen) atoms. The molecule has 5 nitrogen and oxygen atoms in total. The molecule has 1 aliphatic carbocycles. The van der Waals surface area contributed by atoms with Crippen molar-refractivity contribution in [1.29, 1.82) is 0 Å². The van der Waals surface area contributed by atoms with E-state index >= 15 is 0 Å². The van der Waals surface area contributed by atoms with Crippen molar-refractivity contribution in [3.63, 3.8) is 0 Å². The van der Waals surface area contributed by atoms with Crippen molar-refractivity contribution in [1.82, 2.24) is 14.9 Å². The van der Waals surface area contributed by atoms with Gasteiger partial charge in [-0.15, -0.1) is 0 Å². The lowest BCUT2D eigenvalue weighted by atomic mass is 9.90. The molecule has 1 amide bonds. The summed E-state index contributed by atoms with van der Waals surface area (Å²) in [5.41, 5.74) is 2.04. The number of carbonyl (C=O) groups is 1. The van der Waals surface area contributed by atoms with Gasteiger partial charge in [-0.1, -0.05) is 25.0 Å². The number of amides is 1. The fourth-order valence-corrected chi connectivity index (χ4v) is 3.01. The van der Waals surface area contributed by atoms with Crippen LogP contribution in [-0.2, 0) is 0 Å². The smallest absolute Gasteiger partial charge is 0.404 e. The van der Waals surface area contributed by atoms with Crippen LogP contribution < -0.4 is 5.32 Å². The molecule has 0 unspecified atom stereocenters. The quantitative estimate of drug-likeness (QED) is 0.871. The highest BCUT2D eigenvalue weighted by Gasteiger charge is 2.28. The Morgan fingerprint density at radius 1 is 1.32 bits per heavy atom. The van der Waals surface area contributed by atoms with Crippen LogP contribution in [0, 0.1) is 0 Å². The Morgan fingerprint density at radius 3 is 2.95 bits per heavy atom. The van der Waals surface area contributed by atoms with Crippen molar-refractivity contribution in [2.75, 3.05) is 0 Å². The first kappa shape index (κ1) is 12.0. The molecule has 3 rings (SSSR count). The number of carboxylic acid groups (broad SMARTS) is 1. The van der Waals surface area contributed by atoms with Crippen molar-refractivity contribution < 1.29 is 9.90 Å². The van der Waals surface area contributed by atoms with Crippen molar-refractivity contribution >= 4 is 17.1 Å². The van der Waals surface area contributed by atoms with Gasteiger partial charge in [-0.25, -0.2) is 9.78 Å². The second-order valence-corrected chi connectivity index (χ2v) is 5.05. The van der Waals surface area contributed by atoms with Gasteiger partial charge in [-0.2, -0.15) is 0 Å². The second-order valence-electron chi connectivity index (χ2n) is 5.05. The fourth-order valence-electron chi connectivity index (χ4n) is 3.01. The molecule has 0 saturated heterocycles. The van der Waals surface area contributed by atoms with Gasteiger partial charge in [0, 0.05) is 0 Å². The predicted molar refractivity (Wildman–Crippen MR) is 72.2 cm³/mol. The lowest BCUT2D eigenvalue weighted by molar-refractivity contribution is 0.176. The molecule has 1 saturated carbocycles. The molecule has 100 valence electrons. The van der Waals surface area contributed by atoms with Crippen LogP contribution in [0.4, 0.5) is 4.79 Å². The maximum absolute atomic E-state index is 10.9. The summed E-state index contributed by atoms with van der Waals surface area (Å²) in [6.07, 6.45) is 4.98. The number of benzene rings is 1. The molecule has 2 N–H and O–H groups in total. The summed E-state index contributed by atoms with van der Waals surface area (Å²) in [6.45, 7) is 0. The first-order valence-corrected chi connectivity index (χ1v) is 6.67. The lowest BCUT2D eigenvalue weighted by Crippen LogP contribution is -2.42. The number of rotatable bonds is 2. The van der Waals surface area contributed by atoms with Gasteiger partial charge in [0.1, 0.15) is 0 Å². The maximum Gasteiger partial charge on any atom is 0.404 e. The Bertz CT molecular complexity index is 593. The molecule has 1 aromatic carbocycles. The molecule has 1 aromatic heterocycles. The van der Waals surface area contributed by atoms with Gasteiger partial charge in [0.2, 0.25) is 0 Å². The zero-order valence-electron chi connectivity index (χ0n) is 10.6. The molecule has 2 atom stereocenters. The molecule has 1 aliphatic rings. The number of para-hydroxylation sites is 2. The molecular formula is C14H17N3O2. The molecule has 0 aliphatic heterocycles. The Hall–Kier alpha value is -2.04. The number of aromatic nitrogens is 2. The Morgan fingerprint density at radius 2 is 2.11 bits per heavy atom. The summed E-state index contributed by atoms with van der Waals surface area (Å²) in [4.78, 5) is 15.3. The minimum absolute atomic E-state index is 0.0242. The third kappa shape index (κ3) is 2.28. The summed E-state index contributed by atoms with van der Waals surface area (Å²) >= 11 is 0. The zero-order chi connectivity index (χ0) is 13.2. The highest BCUT2D eigenvalue weighted by atomic mass is 16.4. The van der Waals surface area contributed by atoms with E-state index in [1.54, 1.807) is 0 Å². The number of hydrogen-bond acceptors (Lipinski definition) is 2. The van der Waals surface area contributed by atoms with Gasteiger partial charge >= 0.3 is 6.09 Å². The number of imidazole rings is 1. The van der Waals surface area contributed by atoms with Gasteiger partial charge in [-0.05, 0) is 25.0 Å². The third-order valence-electron chi connectivity index (χ3n) is 3.88. The van der Waals surface area contributed by atoms with Crippen LogP contribution in [-0.4, -0.2) is 26.8 Å². The number of nitrogens with zero attached hydrogens (tertiary/aromatic N) is 2. The molecule has 1 heterocycles. The highest BCUT2D eigenvalue weighted by molar-refractivity contribution is 5.75. The molecular weight excluding hydrogens is 242 g/mol. The first-order chi connectivity index (χ1) is 9.25. The zero-order valence-corrected chi connectivity index (χ0v) is 10.6. The summed E-state index contributed by atoms with van der Waals surface area (Å²) in [5, 5.41) is 11.6. The predicted octanol–water partition coefficient (Wildman–Crippen LogP) is 2.79. The van der Waals surface area contributed by atoms with Crippen LogP contribution in [0.5, 0.6) is 0 Å². The van der Waals surface area contributed by atoms with E-state index in [1.165, 1.54) is 0 Å². The Balaban J connectivity index is 1.95. The third-order valence-corrected chi connectivity index (χ3v) is 3.88.